The van der Waals surface area contributed by atoms with Crippen LogP contribution in [0.3, 0.4) is 0 Å². The van der Waals surface area contributed by atoms with Crippen LogP contribution in [0, 0.1) is 5.41 Å². The maximum atomic E-state index is 5.15. The number of hydrogen-bond donors (Lipinski definition) is 0. The molecule has 1 saturated heterocycles. The Hall–Kier alpha value is -0.0800. The zero-order chi connectivity index (χ0) is 6.74. The zero-order valence-electron chi connectivity index (χ0n) is 6.14. The first-order valence-electron chi connectivity index (χ1n) is 3.42. The summed E-state index contributed by atoms with van der Waals surface area (Å²) in [6.45, 7) is 6.53. The highest BCUT2D eigenvalue weighted by Gasteiger charge is 2.25. The van der Waals surface area contributed by atoms with E-state index in [0.717, 1.165) is 19.6 Å². The molecule has 0 saturated carbocycles. The van der Waals surface area contributed by atoms with Gasteiger partial charge in [0.15, 0.2) is 0 Å². The Morgan fingerprint density at radius 2 is 1.64 bits per heavy atom. The van der Waals surface area contributed by atoms with Crippen LogP contribution in [0.5, 0.6) is 0 Å². The summed E-state index contributed by atoms with van der Waals surface area (Å²) in [5.74, 6) is 0. The third-order valence-electron chi connectivity index (χ3n) is 1.92. The highest BCUT2D eigenvalue weighted by Crippen LogP contribution is 2.24. The molecule has 11 heavy (non-hydrogen) atoms. The van der Waals surface area contributed by atoms with Gasteiger partial charge in [0.05, 0.1) is 13.2 Å². The first-order chi connectivity index (χ1) is 4.27. The van der Waals surface area contributed by atoms with Crippen LogP contribution in [-0.2, 0) is 9.47 Å². The lowest BCUT2D eigenvalue weighted by Crippen LogP contribution is -2.33. The highest BCUT2D eigenvalue weighted by molar-refractivity contribution is 4.72. The number of ether oxygens (including phenoxy) is 2. The van der Waals surface area contributed by atoms with Gasteiger partial charge < -0.3 is 9.47 Å². The maximum Gasteiger partial charge on any atom is 0.146 e. The Kier molecular flexibility index (Phi) is 6.82. The van der Waals surface area contributed by atoms with E-state index in [2.05, 4.69) is 13.8 Å². The third-order valence-corrected chi connectivity index (χ3v) is 1.92. The minimum Gasteiger partial charge on any atom is -0.355 e. The van der Waals surface area contributed by atoms with Crippen molar-refractivity contribution in [2.24, 2.45) is 5.41 Å². The molecule has 0 aliphatic carbocycles. The van der Waals surface area contributed by atoms with Crippen LogP contribution in [0.2, 0.25) is 0 Å². The van der Waals surface area contributed by atoms with Crippen molar-refractivity contribution in [1.29, 1.82) is 0 Å². The zero-order valence-corrected chi connectivity index (χ0v) is 6.14. The molecule has 1 heterocycles. The summed E-state index contributed by atoms with van der Waals surface area (Å²) in [5.41, 5.74) is 0.276. The monoisotopic (exact) mass is 162 g/mol. The second kappa shape index (κ2) is 5.56. The van der Waals surface area contributed by atoms with Crippen LogP contribution in [0.1, 0.15) is 35.1 Å². The van der Waals surface area contributed by atoms with Gasteiger partial charge in [-0.2, -0.15) is 0 Å². The lowest BCUT2D eigenvalue weighted by atomic mass is 9.89. The first-order valence-corrected chi connectivity index (χ1v) is 3.42. The van der Waals surface area contributed by atoms with Crippen molar-refractivity contribution >= 4 is 0 Å². The molecular formula is C9H22O2. The van der Waals surface area contributed by atoms with Crippen LogP contribution >= 0.6 is 0 Å². The van der Waals surface area contributed by atoms with E-state index in [4.69, 9.17) is 9.47 Å². The van der Waals surface area contributed by atoms with E-state index in [-0.39, 0.29) is 20.3 Å². The van der Waals surface area contributed by atoms with E-state index in [9.17, 15) is 0 Å². The molecule has 0 radical (unpaired) electrons. The molecule has 0 aromatic rings. The SMILES string of the molecule is C.C.CCC1(C)COCOC1. The molecule has 1 aliphatic rings. The molecule has 0 bridgehead atoms. The summed E-state index contributed by atoms with van der Waals surface area (Å²) in [4.78, 5) is 0. The largest absolute Gasteiger partial charge is 0.355 e. The summed E-state index contributed by atoms with van der Waals surface area (Å²) in [7, 11) is 0. The third kappa shape index (κ3) is 3.73. The Morgan fingerprint density at radius 3 is 1.91 bits per heavy atom. The molecule has 2 heteroatoms. The van der Waals surface area contributed by atoms with E-state index in [0.29, 0.717) is 6.79 Å². The average Bonchev–Trinajstić information content (AvgIpc) is 1.90. The van der Waals surface area contributed by atoms with E-state index in [1.807, 2.05) is 0 Å². The van der Waals surface area contributed by atoms with Gasteiger partial charge in [0, 0.05) is 5.41 Å². The molecule has 0 spiro atoms. The van der Waals surface area contributed by atoms with Crippen molar-refractivity contribution in [1.82, 2.24) is 0 Å². The van der Waals surface area contributed by atoms with Crippen molar-refractivity contribution in [2.75, 3.05) is 20.0 Å². The topological polar surface area (TPSA) is 18.5 Å². The fraction of sp³-hybridized carbons (Fsp3) is 1.00. The molecule has 0 amide bonds. The Bertz CT molecular complexity index is 85.6. The van der Waals surface area contributed by atoms with Gasteiger partial charge in [0.25, 0.3) is 0 Å². The van der Waals surface area contributed by atoms with Gasteiger partial charge in [0.1, 0.15) is 6.79 Å². The van der Waals surface area contributed by atoms with Crippen molar-refractivity contribution in [3.8, 4) is 0 Å². The molecule has 1 fully saturated rings. The maximum absolute atomic E-state index is 5.15. The molecular weight excluding hydrogens is 140 g/mol. The standard InChI is InChI=1S/C7H14O2.2CH4/c1-3-7(2)4-8-6-9-5-7;;/h3-6H2,1-2H3;2*1H4. The normalized spacial score (nSPS) is 21.3. The van der Waals surface area contributed by atoms with Gasteiger partial charge in [-0.15, -0.1) is 0 Å². The summed E-state index contributed by atoms with van der Waals surface area (Å²) in [6, 6.07) is 0. The first kappa shape index (κ1) is 13.5. The molecule has 0 unspecified atom stereocenters. The fourth-order valence-electron chi connectivity index (χ4n) is 0.881. The van der Waals surface area contributed by atoms with Gasteiger partial charge >= 0.3 is 0 Å². The van der Waals surface area contributed by atoms with E-state index in [1.54, 1.807) is 0 Å². The van der Waals surface area contributed by atoms with E-state index in [1.165, 1.54) is 0 Å². The predicted octanol–water partition coefficient (Wildman–Crippen LogP) is 2.68. The number of rotatable bonds is 1. The summed E-state index contributed by atoms with van der Waals surface area (Å²) >= 11 is 0. The minimum atomic E-state index is 0. The molecule has 0 N–H and O–H groups in total. The highest BCUT2D eigenvalue weighted by atomic mass is 16.7. The Morgan fingerprint density at radius 1 is 1.18 bits per heavy atom. The van der Waals surface area contributed by atoms with Crippen LogP contribution < -0.4 is 0 Å². The van der Waals surface area contributed by atoms with Gasteiger partial charge in [-0.1, -0.05) is 28.7 Å². The summed E-state index contributed by atoms with van der Waals surface area (Å²) < 4.78 is 10.3. The summed E-state index contributed by atoms with van der Waals surface area (Å²) in [6.07, 6.45) is 1.13. The van der Waals surface area contributed by atoms with Crippen LogP contribution in [0.25, 0.3) is 0 Å². The second-order valence-electron chi connectivity index (χ2n) is 2.98. The van der Waals surface area contributed by atoms with E-state index >= 15 is 0 Å². The average molecular weight is 162 g/mol. The molecule has 1 rings (SSSR count). The van der Waals surface area contributed by atoms with Gasteiger partial charge in [0.2, 0.25) is 0 Å². The number of hydrogen-bond acceptors (Lipinski definition) is 2. The Balaban J connectivity index is 0. The molecule has 70 valence electrons. The van der Waals surface area contributed by atoms with Gasteiger partial charge in [-0.05, 0) is 6.42 Å². The Labute approximate surface area is 70.9 Å². The van der Waals surface area contributed by atoms with Crippen molar-refractivity contribution in [3.63, 3.8) is 0 Å². The second-order valence-corrected chi connectivity index (χ2v) is 2.98. The lowest BCUT2D eigenvalue weighted by molar-refractivity contribution is -0.159. The van der Waals surface area contributed by atoms with E-state index < -0.39 is 0 Å². The van der Waals surface area contributed by atoms with Gasteiger partial charge in [-0.3, -0.25) is 0 Å². The fourth-order valence-corrected chi connectivity index (χ4v) is 0.881. The van der Waals surface area contributed by atoms with Crippen LogP contribution in [0.4, 0.5) is 0 Å². The van der Waals surface area contributed by atoms with Crippen molar-refractivity contribution < 1.29 is 9.47 Å². The summed E-state index contributed by atoms with van der Waals surface area (Å²) in [5, 5.41) is 0. The molecule has 2 nitrogen and oxygen atoms in total. The molecule has 0 atom stereocenters. The minimum absolute atomic E-state index is 0. The van der Waals surface area contributed by atoms with Crippen LogP contribution in [0.15, 0.2) is 0 Å². The molecule has 1 aliphatic heterocycles. The molecule has 0 aromatic carbocycles. The van der Waals surface area contributed by atoms with Crippen molar-refractivity contribution in [2.45, 2.75) is 35.1 Å². The van der Waals surface area contributed by atoms with Crippen molar-refractivity contribution in [3.05, 3.63) is 0 Å². The quantitative estimate of drug-likeness (QED) is 0.590. The van der Waals surface area contributed by atoms with Crippen LogP contribution in [-0.4, -0.2) is 20.0 Å². The lowest BCUT2D eigenvalue weighted by Gasteiger charge is -2.31. The predicted molar refractivity (Wildman–Crippen MR) is 48.6 cm³/mol. The van der Waals surface area contributed by atoms with Gasteiger partial charge in [-0.25, -0.2) is 0 Å². The smallest absolute Gasteiger partial charge is 0.146 e. The molecule has 0 aromatic heterocycles.